The quantitative estimate of drug-likeness (QED) is 0.713. The summed E-state index contributed by atoms with van der Waals surface area (Å²) >= 11 is 0. The van der Waals surface area contributed by atoms with Crippen molar-refractivity contribution in [2.24, 2.45) is 5.73 Å². The Morgan fingerprint density at radius 3 is 2.32 bits per heavy atom. The van der Waals surface area contributed by atoms with Gasteiger partial charge in [0.1, 0.15) is 17.7 Å². The lowest BCUT2D eigenvalue weighted by molar-refractivity contribution is -0.141. The van der Waals surface area contributed by atoms with E-state index in [9.17, 15) is 23.2 Å². The zero-order valence-electron chi connectivity index (χ0n) is 11.9. The van der Waals surface area contributed by atoms with Crippen molar-refractivity contribution in [1.82, 2.24) is 5.32 Å². The first-order chi connectivity index (χ1) is 10.3. The molecule has 22 heavy (non-hydrogen) atoms. The molecule has 3 N–H and O–H groups in total. The van der Waals surface area contributed by atoms with Crippen molar-refractivity contribution in [3.63, 3.8) is 0 Å². The summed E-state index contributed by atoms with van der Waals surface area (Å²) < 4.78 is 30.5. The average molecular weight is 314 g/mol. The third kappa shape index (κ3) is 5.86. The molecule has 0 saturated carbocycles. The average Bonchev–Trinajstić information content (AvgIpc) is 2.41. The van der Waals surface area contributed by atoms with E-state index >= 15 is 0 Å². The molecule has 0 spiro atoms. The van der Waals surface area contributed by atoms with E-state index in [0.717, 1.165) is 12.1 Å². The number of primary amides is 1. The van der Waals surface area contributed by atoms with E-state index in [0.29, 0.717) is 6.07 Å². The normalized spacial score (nSPS) is 11.6. The van der Waals surface area contributed by atoms with Gasteiger partial charge in [0.2, 0.25) is 11.8 Å². The van der Waals surface area contributed by atoms with Crippen LogP contribution in [0.4, 0.5) is 8.78 Å². The molecule has 0 bridgehead atoms. The first-order valence-electron chi connectivity index (χ1n) is 6.42. The van der Waals surface area contributed by atoms with Crippen molar-refractivity contribution in [3.8, 4) is 0 Å². The third-order valence-corrected chi connectivity index (χ3v) is 2.83. The summed E-state index contributed by atoms with van der Waals surface area (Å²) in [6.07, 6.45) is -0.444. The minimum absolute atomic E-state index is 0.0226. The Morgan fingerprint density at radius 1 is 1.23 bits per heavy atom. The topological polar surface area (TPSA) is 98.5 Å². The lowest BCUT2D eigenvalue weighted by Gasteiger charge is -2.15. The van der Waals surface area contributed by atoms with Crippen LogP contribution in [0.1, 0.15) is 18.4 Å². The van der Waals surface area contributed by atoms with Gasteiger partial charge in [0.15, 0.2) is 0 Å². The molecule has 120 valence electrons. The molecule has 0 aliphatic rings. The first-order valence-corrected chi connectivity index (χ1v) is 6.42. The highest BCUT2D eigenvalue weighted by atomic mass is 19.1. The number of esters is 1. The first kappa shape index (κ1) is 17.5. The highest BCUT2D eigenvalue weighted by molar-refractivity contribution is 5.87. The number of nitrogens with one attached hydrogen (secondary N) is 1. The number of amides is 2. The van der Waals surface area contributed by atoms with Crippen LogP contribution in [-0.2, 0) is 25.5 Å². The van der Waals surface area contributed by atoms with Crippen LogP contribution in [0.15, 0.2) is 18.2 Å². The van der Waals surface area contributed by atoms with Gasteiger partial charge in [-0.25, -0.2) is 8.78 Å². The van der Waals surface area contributed by atoms with E-state index in [1.54, 1.807) is 0 Å². The molecule has 0 saturated heterocycles. The number of hydrogen-bond acceptors (Lipinski definition) is 4. The molecule has 2 amide bonds. The number of rotatable bonds is 7. The number of ether oxygens (including phenoxy) is 1. The Morgan fingerprint density at radius 2 is 1.82 bits per heavy atom. The number of nitrogens with two attached hydrogens (primary N) is 1. The van der Waals surface area contributed by atoms with Crippen LogP contribution in [0.25, 0.3) is 0 Å². The molecule has 0 radical (unpaired) electrons. The fraction of sp³-hybridized carbons (Fsp3) is 0.357. The summed E-state index contributed by atoms with van der Waals surface area (Å²) in [5, 5.41) is 2.32. The zero-order chi connectivity index (χ0) is 16.7. The largest absolute Gasteiger partial charge is 0.469 e. The van der Waals surface area contributed by atoms with Gasteiger partial charge in [0.05, 0.1) is 13.5 Å². The minimum Gasteiger partial charge on any atom is -0.469 e. The monoisotopic (exact) mass is 314 g/mol. The Kier molecular flexibility index (Phi) is 6.43. The molecule has 8 heteroatoms. The van der Waals surface area contributed by atoms with E-state index in [2.05, 4.69) is 10.1 Å². The van der Waals surface area contributed by atoms with Gasteiger partial charge in [-0.1, -0.05) is 0 Å². The van der Waals surface area contributed by atoms with Crippen LogP contribution in [0, 0.1) is 11.6 Å². The van der Waals surface area contributed by atoms with Gasteiger partial charge in [-0.3, -0.25) is 14.4 Å². The van der Waals surface area contributed by atoms with Crippen molar-refractivity contribution in [2.45, 2.75) is 25.3 Å². The van der Waals surface area contributed by atoms with E-state index in [1.165, 1.54) is 7.11 Å². The van der Waals surface area contributed by atoms with Crippen LogP contribution in [-0.4, -0.2) is 30.9 Å². The summed E-state index contributed by atoms with van der Waals surface area (Å²) in [5.41, 5.74) is 5.25. The second kappa shape index (κ2) is 8.06. The molecule has 0 aliphatic heterocycles. The van der Waals surface area contributed by atoms with Gasteiger partial charge < -0.3 is 15.8 Å². The fourth-order valence-corrected chi connectivity index (χ4v) is 1.79. The molecule has 0 fully saturated rings. The second-order valence-corrected chi connectivity index (χ2v) is 4.59. The molecule has 1 aromatic carbocycles. The van der Waals surface area contributed by atoms with E-state index in [1.807, 2.05) is 0 Å². The van der Waals surface area contributed by atoms with Gasteiger partial charge in [-0.2, -0.15) is 0 Å². The maximum absolute atomic E-state index is 13.0. The maximum atomic E-state index is 13.0. The number of halogens is 2. The van der Waals surface area contributed by atoms with E-state index in [4.69, 9.17) is 5.73 Å². The van der Waals surface area contributed by atoms with Crippen molar-refractivity contribution in [1.29, 1.82) is 0 Å². The minimum atomic E-state index is -1.06. The molecule has 0 aliphatic carbocycles. The summed E-state index contributed by atoms with van der Waals surface area (Å²) in [5.74, 6) is -3.62. The van der Waals surface area contributed by atoms with Crippen LogP contribution in [0.5, 0.6) is 0 Å². The summed E-state index contributed by atoms with van der Waals surface area (Å²) in [6.45, 7) is 0. The van der Waals surface area contributed by atoms with Gasteiger partial charge in [-0.15, -0.1) is 0 Å². The van der Waals surface area contributed by atoms with Crippen LogP contribution in [0.2, 0.25) is 0 Å². The third-order valence-electron chi connectivity index (χ3n) is 2.83. The van der Waals surface area contributed by atoms with Crippen LogP contribution >= 0.6 is 0 Å². The van der Waals surface area contributed by atoms with Crippen molar-refractivity contribution < 1.29 is 27.9 Å². The standard InChI is InChI=1S/C14H16F2N2O4/c1-22-13(20)3-2-11(14(17)21)18-12(19)6-8-4-9(15)7-10(16)5-8/h4-5,7,11H,2-3,6H2,1H3,(H2,17,21)(H,18,19)/t11-/m0/s1. The van der Waals surface area contributed by atoms with E-state index < -0.39 is 35.5 Å². The number of methoxy groups -OCH3 is 1. The number of carbonyl (C=O) groups is 3. The lowest BCUT2D eigenvalue weighted by atomic mass is 10.1. The van der Waals surface area contributed by atoms with Crippen LogP contribution in [0.3, 0.4) is 0 Å². The van der Waals surface area contributed by atoms with Crippen LogP contribution < -0.4 is 11.1 Å². The Hall–Kier alpha value is -2.51. The molecule has 1 atom stereocenters. The Labute approximate surface area is 125 Å². The molecule has 0 unspecified atom stereocenters. The Balaban J connectivity index is 2.63. The highest BCUT2D eigenvalue weighted by Gasteiger charge is 2.19. The van der Waals surface area contributed by atoms with E-state index in [-0.39, 0.29) is 24.8 Å². The number of benzene rings is 1. The van der Waals surface area contributed by atoms with Gasteiger partial charge in [0.25, 0.3) is 0 Å². The molecule has 6 nitrogen and oxygen atoms in total. The molecule has 0 aromatic heterocycles. The molecular formula is C14H16F2N2O4. The highest BCUT2D eigenvalue weighted by Crippen LogP contribution is 2.09. The molecule has 1 aromatic rings. The van der Waals surface area contributed by atoms with Crippen molar-refractivity contribution >= 4 is 17.8 Å². The summed E-state index contributed by atoms with van der Waals surface area (Å²) in [6, 6.07) is 1.64. The Bertz CT molecular complexity index is 558. The molecule has 1 rings (SSSR count). The predicted molar refractivity (Wildman–Crippen MR) is 72.4 cm³/mol. The molecule has 0 heterocycles. The van der Waals surface area contributed by atoms with Gasteiger partial charge in [-0.05, 0) is 24.1 Å². The predicted octanol–water partition coefficient (Wildman–Crippen LogP) is 0.431. The van der Waals surface area contributed by atoms with Gasteiger partial charge in [0, 0.05) is 12.5 Å². The maximum Gasteiger partial charge on any atom is 0.305 e. The summed E-state index contributed by atoms with van der Waals surface area (Å²) in [4.78, 5) is 34.0. The second-order valence-electron chi connectivity index (χ2n) is 4.59. The fourth-order valence-electron chi connectivity index (χ4n) is 1.79. The smallest absolute Gasteiger partial charge is 0.305 e. The van der Waals surface area contributed by atoms with Gasteiger partial charge >= 0.3 is 5.97 Å². The number of hydrogen-bond donors (Lipinski definition) is 2. The van der Waals surface area contributed by atoms with Crippen molar-refractivity contribution in [3.05, 3.63) is 35.4 Å². The molecular weight excluding hydrogens is 298 g/mol. The lowest BCUT2D eigenvalue weighted by Crippen LogP contribution is -2.45. The summed E-state index contributed by atoms with van der Waals surface area (Å²) in [7, 11) is 1.19. The van der Waals surface area contributed by atoms with Crippen molar-refractivity contribution in [2.75, 3.05) is 7.11 Å². The SMILES string of the molecule is COC(=O)CC[C@H](NC(=O)Cc1cc(F)cc(F)c1)C(N)=O. The zero-order valence-corrected chi connectivity index (χ0v) is 11.9. The number of carbonyl (C=O) groups excluding carboxylic acids is 3.